The van der Waals surface area contributed by atoms with Gasteiger partial charge < -0.3 is 11.1 Å². The zero-order valence-corrected chi connectivity index (χ0v) is 13.4. The Morgan fingerprint density at radius 1 is 1.19 bits per heavy atom. The summed E-state index contributed by atoms with van der Waals surface area (Å²) in [4.78, 5) is 4.30. The van der Waals surface area contributed by atoms with Crippen molar-refractivity contribution in [1.82, 2.24) is 4.98 Å². The number of rotatable bonds is 5. The molecule has 0 bridgehead atoms. The molecule has 0 radical (unpaired) electrons. The molecule has 3 N–H and O–H groups in total. The van der Waals surface area contributed by atoms with Crippen LogP contribution in [0.25, 0.3) is 0 Å². The van der Waals surface area contributed by atoms with Crippen LogP contribution in [-0.4, -0.2) is 18.1 Å². The summed E-state index contributed by atoms with van der Waals surface area (Å²) in [5.41, 5.74) is 5.39. The van der Waals surface area contributed by atoms with Crippen LogP contribution in [0, 0.1) is 0 Å². The minimum absolute atomic E-state index is 0. The number of hydrogen-bond donors (Lipinski definition) is 2. The van der Waals surface area contributed by atoms with Gasteiger partial charge in [0.1, 0.15) is 10.4 Å². The van der Waals surface area contributed by atoms with Gasteiger partial charge in [-0.1, -0.05) is 0 Å². The highest BCUT2D eigenvalue weighted by Gasteiger charge is 1.98. The van der Waals surface area contributed by atoms with Crippen LogP contribution in [0.5, 0.6) is 0 Å². The first-order valence-corrected chi connectivity index (χ1v) is 6.08. The van der Waals surface area contributed by atoms with E-state index in [4.69, 9.17) is 5.73 Å². The third-order valence-electron chi connectivity index (χ3n) is 1.74. The van der Waals surface area contributed by atoms with E-state index in [9.17, 15) is 0 Å². The van der Waals surface area contributed by atoms with Crippen molar-refractivity contribution in [2.45, 2.75) is 12.8 Å². The van der Waals surface area contributed by atoms with Crippen LogP contribution in [0.3, 0.4) is 0 Å². The van der Waals surface area contributed by atoms with E-state index >= 15 is 0 Å². The normalized spacial score (nSPS) is 8.94. The van der Waals surface area contributed by atoms with E-state index in [0.717, 1.165) is 40.8 Å². The molecule has 0 atom stereocenters. The molecule has 0 aliphatic rings. The average Bonchev–Trinajstić information content (AvgIpc) is 2.18. The summed E-state index contributed by atoms with van der Waals surface area (Å²) in [5.74, 6) is 0.886. The van der Waals surface area contributed by atoms with Crippen molar-refractivity contribution in [3.05, 3.63) is 21.2 Å². The predicted molar refractivity (Wildman–Crippen MR) is 80.9 cm³/mol. The fraction of sp³-hybridized carbons (Fsp3) is 0.444. The predicted octanol–water partition coefficient (Wildman–Crippen LogP) is 3.60. The van der Waals surface area contributed by atoms with E-state index in [1.807, 2.05) is 12.1 Å². The highest BCUT2D eigenvalue weighted by molar-refractivity contribution is 9.13. The number of nitrogens with zero attached hydrogens (tertiary/aromatic N) is 1. The Kier molecular flexibility index (Phi) is 12.5. The summed E-state index contributed by atoms with van der Waals surface area (Å²) < 4.78 is 1.78. The van der Waals surface area contributed by atoms with Crippen LogP contribution in [0.1, 0.15) is 12.8 Å². The van der Waals surface area contributed by atoms with Crippen LogP contribution in [0.2, 0.25) is 0 Å². The molecule has 1 rings (SSSR count). The topological polar surface area (TPSA) is 50.9 Å². The van der Waals surface area contributed by atoms with Gasteiger partial charge in [-0.05, 0) is 63.4 Å². The molecule has 94 valence electrons. The minimum Gasteiger partial charge on any atom is -0.370 e. The Balaban J connectivity index is 0. The molecule has 0 aliphatic heterocycles. The number of hydrogen-bond acceptors (Lipinski definition) is 3. The smallest absolute Gasteiger partial charge is 0.127 e. The Morgan fingerprint density at radius 3 is 2.44 bits per heavy atom. The fourth-order valence-electron chi connectivity index (χ4n) is 1.00. The molecule has 0 unspecified atom stereocenters. The number of unbranched alkanes of at least 4 members (excludes halogenated alkanes) is 1. The Bertz CT molecular complexity index is 300. The summed E-state index contributed by atoms with van der Waals surface area (Å²) in [5, 5.41) is 3.23. The highest BCUT2D eigenvalue weighted by atomic mass is 79.9. The van der Waals surface area contributed by atoms with Crippen molar-refractivity contribution >= 4 is 62.5 Å². The maximum absolute atomic E-state index is 5.39. The van der Waals surface area contributed by atoms with Gasteiger partial charge in [-0.3, -0.25) is 0 Å². The van der Waals surface area contributed by atoms with Crippen LogP contribution in [0.4, 0.5) is 5.82 Å². The maximum atomic E-state index is 5.39. The molecule has 0 spiro atoms. The molecule has 16 heavy (non-hydrogen) atoms. The van der Waals surface area contributed by atoms with Gasteiger partial charge >= 0.3 is 0 Å². The summed E-state index contributed by atoms with van der Waals surface area (Å²) >= 11 is 6.72. The molecule has 1 aromatic heterocycles. The molecular weight excluding hydrogens is 381 g/mol. The third-order valence-corrected chi connectivity index (χ3v) is 3.52. The highest BCUT2D eigenvalue weighted by Crippen LogP contribution is 2.22. The summed E-state index contributed by atoms with van der Waals surface area (Å²) in [6.45, 7) is 1.66. The van der Waals surface area contributed by atoms with Crippen molar-refractivity contribution in [2.75, 3.05) is 18.4 Å². The first-order chi connectivity index (χ1) is 6.74. The van der Waals surface area contributed by atoms with E-state index in [0.29, 0.717) is 0 Å². The van der Waals surface area contributed by atoms with Crippen molar-refractivity contribution in [2.24, 2.45) is 5.73 Å². The van der Waals surface area contributed by atoms with Gasteiger partial charge in [0.2, 0.25) is 0 Å². The van der Waals surface area contributed by atoms with Crippen LogP contribution >= 0.6 is 56.7 Å². The maximum Gasteiger partial charge on any atom is 0.127 e. The Hall–Kier alpha value is 0.450. The molecule has 1 aromatic rings. The zero-order chi connectivity index (χ0) is 10.4. The summed E-state index contributed by atoms with van der Waals surface area (Å²) in [6, 6.07) is 3.90. The van der Waals surface area contributed by atoms with Gasteiger partial charge in [0, 0.05) is 6.54 Å². The lowest BCUT2D eigenvalue weighted by Gasteiger charge is -2.05. The lowest BCUT2D eigenvalue weighted by Crippen LogP contribution is -2.06. The van der Waals surface area contributed by atoms with Crippen molar-refractivity contribution in [3.63, 3.8) is 0 Å². The molecule has 1 heterocycles. The largest absolute Gasteiger partial charge is 0.370 e. The number of anilines is 1. The lowest BCUT2D eigenvalue weighted by molar-refractivity contribution is 0.772. The van der Waals surface area contributed by atoms with E-state index in [1.165, 1.54) is 0 Å². The third kappa shape index (κ3) is 6.91. The van der Waals surface area contributed by atoms with Gasteiger partial charge in [0.25, 0.3) is 0 Å². The second-order valence-corrected chi connectivity index (χ2v) is 4.50. The summed E-state index contributed by atoms with van der Waals surface area (Å²) in [7, 11) is 0. The first-order valence-electron chi connectivity index (χ1n) is 4.50. The van der Waals surface area contributed by atoms with Gasteiger partial charge in [0.15, 0.2) is 0 Å². The van der Waals surface area contributed by atoms with Gasteiger partial charge in [0.05, 0.1) is 4.47 Å². The number of halogens is 4. The van der Waals surface area contributed by atoms with Crippen LogP contribution in [0.15, 0.2) is 21.2 Å². The van der Waals surface area contributed by atoms with E-state index in [1.54, 1.807) is 0 Å². The summed E-state index contributed by atoms with van der Waals surface area (Å²) in [6.07, 6.45) is 2.12. The quantitative estimate of drug-likeness (QED) is 0.591. The van der Waals surface area contributed by atoms with Crippen molar-refractivity contribution < 1.29 is 0 Å². The van der Waals surface area contributed by atoms with Gasteiger partial charge in [-0.2, -0.15) is 0 Å². The van der Waals surface area contributed by atoms with Crippen LogP contribution < -0.4 is 11.1 Å². The molecular formula is C9H15Br2Cl2N3. The molecule has 0 aromatic carbocycles. The number of nitrogens with two attached hydrogens (primary N) is 1. The van der Waals surface area contributed by atoms with Crippen LogP contribution in [-0.2, 0) is 0 Å². The SMILES string of the molecule is Cl.Cl.NCCCCNc1ccc(Br)c(Br)n1. The number of nitrogens with one attached hydrogen (secondary N) is 1. The van der Waals surface area contributed by atoms with Crippen molar-refractivity contribution in [1.29, 1.82) is 0 Å². The van der Waals surface area contributed by atoms with Gasteiger partial charge in [-0.25, -0.2) is 4.98 Å². The monoisotopic (exact) mass is 393 g/mol. The van der Waals surface area contributed by atoms with E-state index in [2.05, 4.69) is 42.2 Å². The fourth-order valence-corrected chi connectivity index (χ4v) is 1.55. The lowest BCUT2D eigenvalue weighted by atomic mass is 10.3. The molecule has 0 aliphatic carbocycles. The minimum atomic E-state index is 0. The Morgan fingerprint density at radius 2 is 1.88 bits per heavy atom. The van der Waals surface area contributed by atoms with Gasteiger partial charge in [-0.15, -0.1) is 24.8 Å². The molecule has 0 saturated heterocycles. The molecule has 3 nitrogen and oxygen atoms in total. The second kappa shape index (κ2) is 10.6. The molecule has 0 saturated carbocycles. The van der Waals surface area contributed by atoms with Crippen molar-refractivity contribution in [3.8, 4) is 0 Å². The zero-order valence-electron chi connectivity index (χ0n) is 8.58. The second-order valence-electron chi connectivity index (χ2n) is 2.89. The van der Waals surface area contributed by atoms with E-state index in [-0.39, 0.29) is 24.8 Å². The average molecular weight is 396 g/mol. The molecule has 0 fully saturated rings. The standard InChI is InChI=1S/C9H13Br2N3.2ClH/c10-7-3-4-8(14-9(7)11)13-6-2-1-5-12;;/h3-4H,1-2,5-6,12H2,(H,13,14);2*1H. The number of pyridine rings is 1. The first kappa shape index (κ1) is 18.8. The number of aromatic nitrogens is 1. The van der Waals surface area contributed by atoms with E-state index < -0.39 is 0 Å². The molecule has 7 heteroatoms. The Labute approximate surface area is 125 Å². The molecule has 0 amide bonds.